The SMILES string of the molecule is COC(=O)C(Br)(Br)c1ccc(Oc2cc(C(C)C)c(O)cc2C(=O)c2cccc(C)c2)cc1. The van der Waals surface area contributed by atoms with E-state index in [2.05, 4.69) is 31.9 Å². The van der Waals surface area contributed by atoms with Crippen molar-refractivity contribution in [1.82, 2.24) is 0 Å². The molecule has 3 aromatic carbocycles. The molecule has 0 amide bonds. The first kappa shape index (κ1) is 25.0. The number of hydrogen-bond acceptors (Lipinski definition) is 5. The summed E-state index contributed by atoms with van der Waals surface area (Å²) in [7, 11) is 1.31. The summed E-state index contributed by atoms with van der Waals surface area (Å²) < 4.78 is 9.74. The summed E-state index contributed by atoms with van der Waals surface area (Å²) in [5, 5.41) is 10.5. The lowest BCUT2D eigenvalue weighted by molar-refractivity contribution is -0.140. The number of phenols is 1. The summed E-state index contributed by atoms with van der Waals surface area (Å²) in [6.45, 7) is 5.82. The van der Waals surface area contributed by atoms with Crippen LogP contribution < -0.4 is 4.74 Å². The van der Waals surface area contributed by atoms with E-state index in [1.807, 2.05) is 32.9 Å². The Morgan fingerprint density at radius 3 is 2.24 bits per heavy atom. The second kappa shape index (κ2) is 10.1. The van der Waals surface area contributed by atoms with Gasteiger partial charge in [-0.05, 0) is 48.7 Å². The highest BCUT2D eigenvalue weighted by Crippen LogP contribution is 2.41. The van der Waals surface area contributed by atoms with Gasteiger partial charge in [-0.2, -0.15) is 0 Å². The van der Waals surface area contributed by atoms with Crippen molar-refractivity contribution in [3.8, 4) is 17.2 Å². The largest absolute Gasteiger partial charge is 0.508 e. The Kier molecular flexibility index (Phi) is 7.65. The highest BCUT2D eigenvalue weighted by molar-refractivity contribution is 9.25. The Morgan fingerprint density at radius 2 is 1.67 bits per heavy atom. The summed E-state index contributed by atoms with van der Waals surface area (Å²) >= 11 is 6.66. The van der Waals surface area contributed by atoms with E-state index in [1.165, 1.54) is 13.2 Å². The molecule has 0 saturated carbocycles. The second-order valence-corrected chi connectivity index (χ2v) is 11.4. The summed E-state index contributed by atoms with van der Waals surface area (Å²) in [5.74, 6) is 0.139. The van der Waals surface area contributed by atoms with Crippen molar-refractivity contribution in [2.75, 3.05) is 7.11 Å². The van der Waals surface area contributed by atoms with E-state index in [0.29, 0.717) is 28.2 Å². The van der Waals surface area contributed by atoms with Gasteiger partial charge in [0.2, 0.25) is 3.23 Å². The standard InChI is InChI=1S/C26H24Br2O5/c1-15(2)20-14-23(21(13-22(20)29)24(30)17-7-5-6-16(3)12-17)33-19-10-8-18(9-11-19)26(27,28)25(31)32-4/h5-15,29H,1-4H3. The van der Waals surface area contributed by atoms with Gasteiger partial charge in [0.05, 0.1) is 12.7 Å². The van der Waals surface area contributed by atoms with Gasteiger partial charge < -0.3 is 14.6 Å². The predicted molar refractivity (Wildman–Crippen MR) is 135 cm³/mol. The number of alkyl halides is 2. The smallest absolute Gasteiger partial charge is 0.338 e. The maximum absolute atomic E-state index is 13.3. The highest BCUT2D eigenvalue weighted by Gasteiger charge is 2.35. The fourth-order valence-electron chi connectivity index (χ4n) is 3.36. The molecular weight excluding hydrogens is 552 g/mol. The Labute approximate surface area is 210 Å². The van der Waals surface area contributed by atoms with Gasteiger partial charge in [0.25, 0.3) is 0 Å². The first-order valence-electron chi connectivity index (χ1n) is 10.3. The molecule has 172 valence electrons. The van der Waals surface area contributed by atoms with Gasteiger partial charge >= 0.3 is 5.97 Å². The minimum atomic E-state index is -1.18. The highest BCUT2D eigenvalue weighted by atomic mass is 79.9. The van der Waals surface area contributed by atoms with Crippen molar-refractivity contribution in [3.05, 3.63) is 88.5 Å². The van der Waals surface area contributed by atoms with Crippen LogP contribution in [0.3, 0.4) is 0 Å². The lowest BCUT2D eigenvalue weighted by Crippen LogP contribution is -2.23. The molecule has 0 spiro atoms. The monoisotopic (exact) mass is 574 g/mol. The first-order chi connectivity index (χ1) is 15.5. The number of methoxy groups -OCH3 is 1. The topological polar surface area (TPSA) is 72.8 Å². The fourth-order valence-corrected chi connectivity index (χ4v) is 4.21. The molecule has 0 fully saturated rings. The van der Waals surface area contributed by atoms with Crippen LogP contribution in [0.5, 0.6) is 17.2 Å². The molecule has 0 aliphatic rings. The minimum absolute atomic E-state index is 0.0281. The van der Waals surface area contributed by atoms with Gasteiger partial charge in [-0.3, -0.25) is 4.79 Å². The number of esters is 1. The van der Waals surface area contributed by atoms with Crippen LogP contribution in [0, 0.1) is 6.92 Å². The average Bonchev–Trinajstić information content (AvgIpc) is 2.79. The van der Waals surface area contributed by atoms with Gasteiger partial charge in [0.15, 0.2) is 5.78 Å². The lowest BCUT2D eigenvalue weighted by atomic mass is 9.95. The van der Waals surface area contributed by atoms with E-state index in [-0.39, 0.29) is 23.0 Å². The quantitative estimate of drug-likeness (QED) is 0.187. The Balaban J connectivity index is 2.02. The zero-order valence-corrected chi connectivity index (χ0v) is 21.9. The maximum Gasteiger partial charge on any atom is 0.338 e. The van der Waals surface area contributed by atoms with Crippen LogP contribution in [0.15, 0.2) is 60.7 Å². The number of aromatic hydroxyl groups is 1. The molecule has 33 heavy (non-hydrogen) atoms. The average molecular weight is 576 g/mol. The van der Waals surface area contributed by atoms with E-state index >= 15 is 0 Å². The number of phenolic OH excluding ortho intramolecular Hbond substituents is 1. The van der Waals surface area contributed by atoms with E-state index in [4.69, 9.17) is 9.47 Å². The minimum Gasteiger partial charge on any atom is -0.508 e. The van der Waals surface area contributed by atoms with Crippen molar-refractivity contribution in [2.45, 2.75) is 29.9 Å². The number of hydrogen-bond donors (Lipinski definition) is 1. The lowest BCUT2D eigenvalue weighted by Gasteiger charge is -2.19. The summed E-state index contributed by atoms with van der Waals surface area (Å²) in [5.41, 5.74) is 3.02. The Hall–Kier alpha value is -2.64. The van der Waals surface area contributed by atoms with Crippen LogP contribution in [0.25, 0.3) is 0 Å². The van der Waals surface area contributed by atoms with Crippen LogP contribution in [-0.4, -0.2) is 24.0 Å². The van der Waals surface area contributed by atoms with Crippen LogP contribution >= 0.6 is 31.9 Å². The summed E-state index contributed by atoms with van der Waals surface area (Å²) in [6, 6.07) is 17.2. The molecule has 3 aromatic rings. The number of benzene rings is 3. The second-order valence-electron chi connectivity index (χ2n) is 7.95. The number of ketones is 1. The third-order valence-corrected chi connectivity index (χ3v) is 6.73. The third-order valence-electron chi connectivity index (χ3n) is 5.16. The van der Waals surface area contributed by atoms with Crippen LogP contribution in [0.1, 0.15) is 52.4 Å². The van der Waals surface area contributed by atoms with E-state index in [9.17, 15) is 14.7 Å². The molecule has 0 aromatic heterocycles. The zero-order valence-electron chi connectivity index (χ0n) is 18.7. The first-order valence-corrected chi connectivity index (χ1v) is 11.9. The molecule has 0 atom stereocenters. The van der Waals surface area contributed by atoms with Gasteiger partial charge in [-0.25, -0.2) is 4.79 Å². The number of aryl methyl sites for hydroxylation is 1. The van der Waals surface area contributed by atoms with Gasteiger partial charge in [0.1, 0.15) is 17.2 Å². The van der Waals surface area contributed by atoms with E-state index < -0.39 is 9.20 Å². The molecular formula is C26H24Br2O5. The molecule has 0 heterocycles. The van der Waals surface area contributed by atoms with E-state index in [0.717, 1.165) is 5.56 Å². The normalized spacial score (nSPS) is 11.4. The molecule has 0 aliphatic heterocycles. The molecule has 7 heteroatoms. The van der Waals surface area contributed by atoms with Gasteiger partial charge in [-0.15, -0.1) is 0 Å². The van der Waals surface area contributed by atoms with Crippen molar-refractivity contribution < 1.29 is 24.2 Å². The van der Waals surface area contributed by atoms with Crippen LogP contribution in [0.4, 0.5) is 0 Å². The van der Waals surface area contributed by atoms with Crippen molar-refractivity contribution in [2.24, 2.45) is 0 Å². The number of rotatable bonds is 7. The number of carbonyl (C=O) groups excluding carboxylic acids is 2. The molecule has 0 aliphatic carbocycles. The molecule has 3 rings (SSSR count). The van der Waals surface area contributed by atoms with Crippen molar-refractivity contribution in [3.63, 3.8) is 0 Å². The maximum atomic E-state index is 13.3. The predicted octanol–water partition coefficient (Wildman–Crippen LogP) is 6.96. The number of halogens is 2. The molecule has 5 nitrogen and oxygen atoms in total. The van der Waals surface area contributed by atoms with Gasteiger partial charge in [-0.1, -0.05) is 81.6 Å². The fraction of sp³-hybridized carbons (Fsp3) is 0.231. The summed E-state index contributed by atoms with van der Waals surface area (Å²) in [6.07, 6.45) is 0. The molecule has 0 bridgehead atoms. The van der Waals surface area contributed by atoms with Crippen molar-refractivity contribution >= 4 is 43.6 Å². The number of ether oxygens (including phenoxy) is 2. The summed E-state index contributed by atoms with van der Waals surface area (Å²) in [4.78, 5) is 25.3. The molecule has 0 saturated heterocycles. The van der Waals surface area contributed by atoms with Crippen molar-refractivity contribution in [1.29, 1.82) is 0 Å². The Morgan fingerprint density at radius 1 is 1.00 bits per heavy atom. The molecule has 0 radical (unpaired) electrons. The zero-order chi connectivity index (χ0) is 24.3. The third kappa shape index (κ3) is 5.47. The number of carbonyl (C=O) groups is 2. The van der Waals surface area contributed by atoms with Gasteiger partial charge in [0, 0.05) is 11.1 Å². The van der Waals surface area contributed by atoms with Crippen LogP contribution in [0.2, 0.25) is 0 Å². The van der Waals surface area contributed by atoms with E-state index in [1.54, 1.807) is 42.5 Å². The Bertz CT molecular complexity index is 1180. The van der Waals surface area contributed by atoms with Crippen LogP contribution in [-0.2, 0) is 12.8 Å². The molecule has 0 unspecified atom stereocenters. The molecule has 1 N–H and O–H groups in total.